The molecule has 1 aliphatic carbocycles. The van der Waals surface area contributed by atoms with E-state index in [-0.39, 0.29) is 6.10 Å². The third-order valence-corrected chi connectivity index (χ3v) is 4.83. The van der Waals surface area contributed by atoms with E-state index >= 15 is 0 Å². The van der Waals surface area contributed by atoms with Gasteiger partial charge in [0.1, 0.15) is 0 Å². The minimum absolute atomic E-state index is 0.258. The zero-order valence-corrected chi connectivity index (χ0v) is 11.1. The lowest BCUT2D eigenvalue weighted by atomic mass is 9.85. The van der Waals surface area contributed by atoms with Crippen molar-refractivity contribution in [2.75, 3.05) is 31.8 Å². The van der Waals surface area contributed by atoms with Gasteiger partial charge >= 0.3 is 0 Å². The Morgan fingerprint density at radius 1 is 1.44 bits per heavy atom. The van der Waals surface area contributed by atoms with Gasteiger partial charge in [0.05, 0.1) is 12.2 Å². The van der Waals surface area contributed by atoms with Gasteiger partial charge < -0.3 is 14.8 Å². The summed E-state index contributed by atoms with van der Waals surface area (Å²) in [5, 5.41) is 3.63. The van der Waals surface area contributed by atoms with Gasteiger partial charge in [-0.2, -0.15) is 11.8 Å². The lowest BCUT2D eigenvalue weighted by Gasteiger charge is -2.43. The van der Waals surface area contributed by atoms with Gasteiger partial charge in [-0.25, -0.2) is 0 Å². The van der Waals surface area contributed by atoms with Crippen molar-refractivity contribution in [2.45, 2.75) is 38.0 Å². The Morgan fingerprint density at radius 2 is 2.31 bits per heavy atom. The number of nitrogens with one attached hydrogen (secondary N) is 1. The molecule has 0 aromatic heterocycles. The first-order chi connectivity index (χ1) is 7.85. The fraction of sp³-hybridized carbons (Fsp3) is 1.00. The highest BCUT2D eigenvalue weighted by Crippen LogP contribution is 2.28. The van der Waals surface area contributed by atoms with Crippen molar-refractivity contribution in [1.29, 1.82) is 0 Å². The highest BCUT2D eigenvalue weighted by molar-refractivity contribution is 7.99. The molecule has 4 heteroatoms. The Kier molecular flexibility index (Phi) is 4.95. The second-order valence-corrected chi connectivity index (χ2v) is 5.82. The fourth-order valence-electron chi connectivity index (χ4n) is 2.54. The number of rotatable bonds is 6. The molecule has 1 N–H and O–H groups in total. The van der Waals surface area contributed by atoms with Gasteiger partial charge in [0, 0.05) is 19.8 Å². The molecule has 2 aliphatic rings. The van der Waals surface area contributed by atoms with E-state index in [2.05, 4.69) is 17.1 Å². The van der Waals surface area contributed by atoms with Crippen molar-refractivity contribution in [3.8, 4) is 0 Å². The Hall–Kier alpha value is 0.230. The molecular formula is C12H23NO2S. The molecule has 2 fully saturated rings. The van der Waals surface area contributed by atoms with Crippen LogP contribution in [-0.4, -0.2) is 50.0 Å². The largest absolute Gasteiger partial charge is 0.377 e. The van der Waals surface area contributed by atoms with Crippen LogP contribution in [-0.2, 0) is 9.47 Å². The molecule has 0 aromatic carbocycles. The van der Waals surface area contributed by atoms with E-state index in [0.29, 0.717) is 12.1 Å². The smallest absolute Gasteiger partial charge is 0.0986 e. The standard InChI is InChI=1S/C12H23NO2S/c1-3-15-11-6-10(12(11)14-2)13-7-9-4-5-16-8-9/h9-13H,3-8H2,1-2H3. The van der Waals surface area contributed by atoms with E-state index in [0.717, 1.165) is 25.5 Å². The van der Waals surface area contributed by atoms with Crippen LogP contribution in [0.3, 0.4) is 0 Å². The van der Waals surface area contributed by atoms with Crippen molar-refractivity contribution in [3.05, 3.63) is 0 Å². The Labute approximate surface area is 103 Å². The van der Waals surface area contributed by atoms with Crippen molar-refractivity contribution < 1.29 is 9.47 Å². The Bertz CT molecular complexity index is 209. The molecule has 1 heterocycles. The lowest BCUT2D eigenvalue weighted by Crippen LogP contribution is -2.60. The van der Waals surface area contributed by atoms with E-state index in [1.165, 1.54) is 17.9 Å². The summed E-state index contributed by atoms with van der Waals surface area (Å²) in [5.41, 5.74) is 0. The van der Waals surface area contributed by atoms with Gasteiger partial charge in [0.15, 0.2) is 0 Å². The molecule has 0 bridgehead atoms. The van der Waals surface area contributed by atoms with Crippen molar-refractivity contribution in [1.82, 2.24) is 5.32 Å². The second-order valence-electron chi connectivity index (χ2n) is 4.67. The van der Waals surface area contributed by atoms with Crippen LogP contribution in [0.2, 0.25) is 0 Å². The second kappa shape index (κ2) is 6.24. The van der Waals surface area contributed by atoms with Gasteiger partial charge in [-0.15, -0.1) is 0 Å². The summed E-state index contributed by atoms with van der Waals surface area (Å²) in [4.78, 5) is 0. The van der Waals surface area contributed by atoms with E-state index < -0.39 is 0 Å². The monoisotopic (exact) mass is 245 g/mol. The van der Waals surface area contributed by atoms with Crippen molar-refractivity contribution >= 4 is 11.8 Å². The van der Waals surface area contributed by atoms with Crippen LogP contribution in [0, 0.1) is 5.92 Å². The summed E-state index contributed by atoms with van der Waals surface area (Å²) < 4.78 is 11.1. The quantitative estimate of drug-likeness (QED) is 0.768. The third kappa shape index (κ3) is 2.92. The van der Waals surface area contributed by atoms with Crippen molar-refractivity contribution in [2.24, 2.45) is 5.92 Å². The van der Waals surface area contributed by atoms with Crippen LogP contribution in [0.5, 0.6) is 0 Å². The minimum Gasteiger partial charge on any atom is -0.377 e. The maximum absolute atomic E-state index is 5.61. The van der Waals surface area contributed by atoms with Gasteiger partial charge in [0.2, 0.25) is 0 Å². The summed E-state index contributed by atoms with van der Waals surface area (Å²) in [6.45, 7) is 3.98. The Morgan fingerprint density at radius 3 is 2.94 bits per heavy atom. The molecule has 0 amide bonds. The first kappa shape index (κ1) is 12.7. The molecule has 3 nitrogen and oxygen atoms in total. The van der Waals surface area contributed by atoms with Crippen LogP contribution in [0.15, 0.2) is 0 Å². The van der Waals surface area contributed by atoms with Gasteiger partial charge in [0.25, 0.3) is 0 Å². The molecule has 94 valence electrons. The first-order valence-electron chi connectivity index (χ1n) is 6.30. The molecule has 1 saturated carbocycles. The number of thioether (sulfide) groups is 1. The molecular weight excluding hydrogens is 222 g/mol. The summed E-state index contributed by atoms with van der Waals surface area (Å²) in [6, 6.07) is 0.507. The first-order valence-corrected chi connectivity index (χ1v) is 7.46. The average molecular weight is 245 g/mol. The molecule has 4 unspecified atom stereocenters. The molecule has 4 atom stereocenters. The van der Waals surface area contributed by atoms with Crippen LogP contribution < -0.4 is 5.32 Å². The van der Waals surface area contributed by atoms with Gasteiger partial charge in [-0.3, -0.25) is 0 Å². The number of hydrogen-bond donors (Lipinski definition) is 1. The number of hydrogen-bond acceptors (Lipinski definition) is 4. The predicted octanol–water partition coefficient (Wildman–Crippen LogP) is 1.52. The molecule has 2 rings (SSSR count). The van der Waals surface area contributed by atoms with E-state index in [4.69, 9.17) is 9.47 Å². The summed E-state index contributed by atoms with van der Waals surface area (Å²) in [6.07, 6.45) is 3.04. The lowest BCUT2D eigenvalue weighted by molar-refractivity contribution is -0.131. The summed E-state index contributed by atoms with van der Waals surface area (Å²) >= 11 is 2.08. The third-order valence-electron chi connectivity index (χ3n) is 3.59. The number of methoxy groups -OCH3 is 1. The normalized spacial score (nSPS) is 38.6. The van der Waals surface area contributed by atoms with E-state index in [1.54, 1.807) is 7.11 Å². The highest BCUT2D eigenvalue weighted by Gasteiger charge is 2.41. The van der Waals surface area contributed by atoms with E-state index in [1.807, 2.05) is 6.92 Å². The fourth-order valence-corrected chi connectivity index (χ4v) is 3.82. The van der Waals surface area contributed by atoms with Gasteiger partial charge in [-0.05, 0) is 43.7 Å². The van der Waals surface area contributed by atoms with Crippen molar-refractivity contribution in [3.63, 3.8) is 0 Å². The summed E-state index contributed by atoms with van der Waals surface area (Å²) in [7, 11) is 1.79. The predicted molar refractivity (Wildman–Crippen MR) is 68.1 cm³/mol. The SMILES string of the molecule is CCOC1CC(NCC2CCSC2)C1OC. The molecule has 0 radical (unpaired) electrons. The maximum Gasteiger partial charge on any atom is 0.0986 e. The zero-order valence-electron chi connectivity index (χ0n) is 10.3. The minimum atomic E-state index is 0.258. The van der Waals surface area contributed by atoms with E-state index in [9.17, 15) is 0 Å². The number of ether oxygens (including phenoxy) is 2. The molecule has 1 saturated heterocycles. The topological polar surface area (TPSA) is 30.5 Å². The van der Waals surface area contributed by atoms with Crippen LogP contribution in [0.1, 0.15) is 19.8 Å². The maximum atomic E-state index is 5.61. The molecule has 0 aromatic rings. The highest BCUT2D eigenvalue weighted by atomic mass is 32.2. The van der Waals surface area contributed by atoms with Crippen LogP contribution >= 0.6 is 11.8 Å². The van der Waals surface area contributed by atoms with Crippen LogP contribution in [0.25, 0.3) is 0 Å². The molecule has 1 aliphatic heterocycles. The van der Waals surface area contributed by atoms with Crippen LogP contribution in [0.4, 0.5) is 0 Å². The van der Waals surface area contributed by atoms with Gasteiger partial charge in [-0.1, -0.05) is 0 Å². The zero-order chi connectivity index (χ0) is 11.4. The summed E-state index contributed by atoms with van der Waals surface area (Å²) in [5.74, 6) is 3.53. The average Bonchev–Trinajstić information content (AvgIpc) is 2.75. The molecule has 16 heavy (non-hydrogen) atoms. The Balaban J connectivity index is 1.66. The molecule has 0 spiro atoms.